The zero-order valence-corrected chi connectivity index (χ0v) is 12.5. The molecule has 0 heterocycles. The third kappa shape index (κ3) is 5.52. The van der Waals surface area contributed by atoms with E-state index < -0.39 is 10.9 Å². The van der Waals surface area contributed by atoms with Gasteiger partial charge in [0.15, 0.2) is 0 Å². The molecule has 0 aliphatic rings. The minimum atomic E-state index is -0.515. The second kappa shape index (κ2) is 8.65. The number of nitro benzene ring substituents is 1. The first-order valence-electron chi connectivity index (χ1n) is 7.20. The summed E-state index contributed by atoms with van der Waals surface area (Å²) in [7, 11) is 0. The second-order valence-electron chi connectivity index (χ2n) is 4.83. The maximum Gasteiger partial charge on any atom is 0.338 e. The van der Waals surface area contributed by atoms with E-state index in [2.05, 4.69) is 0 Å². The van der Waals surface area contributed by atoms with E-state index in [4.69, 9.17) is 9.47 Å². The molecule has 6 heteroatoms. The van der Waals surface area contributed by atoms with Gasteiger partial charge in [0.2, 0.25) is 0 Å². The first kappa shape index (κ1) is 16.6. The van der Waals surface area contributed by atoms with Gasteiger partial charge in [-0.3, -0.25) is 10.1 Å². The molecular weight excluding hydrogens is 298 g/mol. The van der Waals surface area contributed by atoms with E-state index in [1.807, 2.05) is 30.3 Å². The van der Waals surface area contributed by atoms with Gasteiger partial charge in [0.05, 0.1) is 30.3 Å². The molecule has 0 saturated heterocycles. The molecule has 0 aliphatic carbocycles. The topological polar surface area (TPSA) is 78.7 Å². The Hall–Kier alpha value is -2.73. The third-order valence-corrected chi connectivity index (χ3v) is 3.09. The minimum Gasteiger partial charge on any atom is -0.462 e. The average Bonchev–Trinajstić information content (AvgIpc) is 2.58. The Balaban J connectivity index is 1.64. The van der Waals surface area contributed by atoms with Crippen molar-refractivity contribution in [2.45, 2.75) is 13.0 Å². The van der Waals surface area contributed by atoms with E-state index in [0.717, 1.165) is 5.56 Å². The van der Waals surface area contributed by atoms with Gasteiger partial charge >= 0.3 is 5.97 Å². The van der Waals surface area contributed by atoms with Gasteiger partial charge in [0.1, 0.15) is 0 Å². The molecule has 0 bridgehead atoms. The highest BCUT2D eigenvalue weighted by Crippen LogP contribution is 2.12. The molecule has 23 heavy (non-hydrogen) atoms. The van der Waals surface area contributed by atoms with E-state index in [0.29, 0.717) is 25.2 Å². The average molecular weight is 315 g/mol. The number of hydrogen-bond acceptors (Lipinski definition) is 5. The molecule has 6 nitrogen and oxygen atoms in total. The number of carbonyl (C=O) groups excluding carboxylic acids is 1. The maximum absolute atomic E-state index is 11.7. The number of carbonyl (C=O) groups is 1. The Labute approximate surface area is 133 Å². The maximum atomic E-state index is 11.7. The van der Waals surface area contributed by atoms with Gasteiger partial charge in [-0.15, -0.1) is 0 Å². The summed E-state index contributed by atoms with van der Waals surface area (Å²) in [5.74, 6) is -0.497. The van der Waals surface area contributed by atoms with E-state index in [1.165, 1.54) is 24.3 Å². The van der Waals surface area contributed by atoms with Crippen LogP contribution in [-0.2, 0) is 16.1 Å². The fraction of sp³-hybridized carbons (Fsp3) is 0.235. The molecule has 0 aliphatic heterocycles. The van der Waals surface area contributed by atoms with Crippen LogP contribution in [-0.4, -0.2) is 24.1 Å². The van der Waals surface area contributed by atoms with Crippen molar-refractivity contribution < 1.29 is 19.2 Å². The highest BCUT2D eigenvalue weighted by Gasteiger charge is 2.10. The predicted molar refractivity (Wildman–Crippen MR) is 84.1 cm³/mol. The lowest BCUT2D eigenvalue weighted by atomic mass is 10.2. The summed E-state index contributed by atoms with van der Waals surface area (Å²) in [5, 5.41) is 10.5. The van der Waals surface area contributed by atoms with Crippen LogP contribution in [0.3, 0.4) is 0 Å². The lowest BCUT2D eigenvalue weighted by Gasteiger charge is -2.06. The number of rotatable bonds is 8. The SMILES string of the molecule is O=C(OCCCOCc1ccccc1)c1ccc([N+](=O)[O-])cc1. The van der Waals surface area contributed by atoms with Crippen LogP contribution >= 0.6 is 0 Å². The van der Waals surface area contributed by atoms with Gasteiger partial charge in [-0.05, 0) is 17.7 Å². The van der Waals surface area contributed by atoms with E-state index in [-0.39, 0.29) is 12.3 Å². The zero-order chi connectivity index (χ0) is 16.5. The zero-order valence-electron chi connectivity index (χ0n) is 12.5. The molecule has 0 aromatic heterocycles. The van der Waals surface area contributed by atoms with Crippen molar-refractivity contribution in [2.24, 2.45) is 0 Å². The van der Waals surface area contributed by atoms with Crippen LogP contribution in [0.4, 0.5) is 5.69 Å². The molecule has 2 rings (SSSR count). The quantitative estimate of drug-likeness (QED) is 0.323. The number of benzene rings is 2. The normalized spacial score (nSPS) is 10.3. The molecule has 0 atom stereocenters. The molecule has 0 unspecified atom stereocenters. The summed E-state index contributed by atoms with van der Waals surface area (Å²) in [4.78, 5) is 21.8. The number of non-ortho nitro benzene ring substituents is 1. The Kier molecular flexibility index (Phi) is 6.26. The summed E-state index contributed by atoms with van der Waals surface area (Å²) in [5.41, 5.74) is 1.33. The number of hydrogen-bond donors (Lipinski definition) is 0. The molecule has 0 fully saturated rings. The summed E-state index contributed by atoms with van der Waals surface area (Å²) in [6.45, 7) is 1.25. The van der Waals surface area contributed by atoms with Crippen molar-refractivity contribution in [1.82, 2.24) is 0 Å². The first-order valence-corrected chi connectivity index (χ1v) is 7.20. The molecule has 0 amide bonds. The molecule has 0 radical (unpaired) electrons. The van der Waals surface area contributed by atoms with Crippen molar-refractivity contribution in [3.63, 3.8) is 0 Å². The van der Waals surface area contributed by atoms with Crippen molar-refractivity contribution in [3.05, 3.63) is 75.8 Å². The molecule has 2 aromatic carbocycles. The molecule has 0 spiro atoms. The Morgan fingerprint density at radius 2 is 1.70 bits per heavy atom. The Morgan fingerprint density at radius 1 is 1.00 bits per heavy atom. The van der Waals surface area contributed by atoms with Gasteiger partial charge in [-0.2, -0.15) is 0 Å². The number of esters is 1. The number of nitro groups is 1. The lowest BCUT2D eigenvalue weighted by molar-refractivity contribution is -0.384. The first-order chi connectivity index (χ1) is 11.2. The highest BCUT2D eigenvalue weighted by atomic mass is 16.6. The highest BCUT2D eigenvalue weighted by molar-refractivity contribution is 5.89. The molecule has 120 valence electrons. The second-order valence-corrected chi connectivity index (χ2v) is 4.83. The summed E-state index contributed by atoms with van der Waals surface area (Å²) < 4.78 is 10.6. The molecule has 0 N–H and O–H groups in total. The predicted octanol–water partition coefficient (Wildman–Crippen LogP) is 3.36. The number of ether oxygens (including phenoxy) is 2. The fourth-order valence-corrected chi connectivity index (χ4v) is 1.89. The largest absolute Gasteiger partial charge is 0.462 e. The standard InChI is InChI=1S/C17H17NO5/c19-17(15-7-9-16(10-8-15)18(20)21)23-12-4-11-22-13-14-5-2-1-3-6-14/h1-3,5-10H,4,11-13H2. The van der Waals surface area contributed by atoms with Crippen molar-refractivity contribution in [1.29, 1.82) is 0 Å². The van der Waals surface area contributed by atoms with E-state index in [9.17, 15) is 14.9 Å². The van der Waals surface area contributed by atoms with Crippen LogP contribution in [0.2, 0.25) is 0 Å². The van der Waals surface area contributed by atoms with Gasteiger partial charge < -0.3 is 9.47 Å². The van der Waals surface area contributed by atoms with Crippen LogP contribution < -0.4 is 0 Å². The smallest absolute Gasteiger partial charge is 0.338 e. The van der Waals surface area contributed by atoms with E-state index >= 15 is 0 Å². The van der Waals surface area contributed by atoms with E-state index in [1.54, 1.807) is 0 Å². The number of nitrogens with zero attached hydrogens (tertiary/aromatic N) is 1. The molecule has 0 saturated carbocycles. The van der Waals surface area contributed by atoms with Crippen LogP contribution in [0.5, 0.6) is 0 Å². The van der Waals surface area contributed by atoms with Crippen LogP contribution in [0.1, 0.15) is 22.3 Å². The summed E-state index contributed by atoms with van der Waals surface area (Å²) >= 11 is 0. The van der Waals surface area contributed by atoms with Gasteiger partial charge in [-0.25, -0.2) is 4.79 Å². The van der Waals surface area contributed by atoms with Crippen molar-refractivity contribution in [3.8, 4) is 0 Å². The Bertz CT molecular complexity index is 640. The molecule has 2 aromatic rings. The van der Waals surface area contributed by atoms with Crippen molar-refractivity contribution in [2.75, 3.05) is 13.2 Å². The lowest BCUT2D eigenvalue weighted by Crippen LogP contribution is -2.08. The van der Waals surface area contributed by atoms with Crippen LogP contribution in [0, 0.1) is 10.1 Å². The van der Waals surface area contributed by atoms with Gasteiger partial charge in [-0.1, -0.05) is 30.3 Å². The minimum absolute atomic E-state index is 0.0594. The summed E-state index contributed by atoms with van der Waals surface area (Å²) in [6.07, 6.45) is 0.589. The van der Waals surface area contributed by atoms with Crippen LogP contribution in [0.15, 0.2) is 54.6 Å². The van der Waals surface area contributed by atoms with Gasteiger partial charge in [0.25, 0.3) is 5.69 Å². The van der Waals surface area contributed by atoms with Gasteiger partial charge in [0, 0.05) is 18.6 Å². The fourth-order valence-electron chi connectivity index (χ4n) is 1.89. The van der Waals surface area contributed by atoms with Crippen molar-refractivity contribution >= 4 is 11.7 Å². The Morgan fingerprint density at radius 3 is 2.35 bits per heavy atom. The molecular formula is C17H17NO5. The monoisotopic (exact) mass is 315 g/mol. The third-order valence-electron chi connectivity index (χ3n) is 3.09. The summed E-state index contributed by atoms with van der Waals surface area (Å²) in [6, 6.07) is 15.1. The van der Waals surface area contributed by atoms with Crippen LogP contribution in [0.25, 0.3) is 0 Å².